The van der Waals surface area contributed by atoms with Gasteiger partial charge in [0.25, 0.3) is 0 Å². The van der Waals surface area contributed by atoms with Crippen molar-refractivity contribution in [3.05, 3.63) is 25.3 Å². The highest BCUT2D eigenvalue weighted by Gasteiger charge is 1.98. The Morgan fingerprint density at radius 1 is 0.619 bits per heavy atom. The molecule has 0 aliphatic carbocycles. The number of hydrogen-bond donors (Lipinski definition) is 0. The van der Waals surface area contributed by atoms with Gasteiger partial charge < -0.3 is 0 Å². The summed E-state index contributed by atoms with van der Waals surface area (Å²) in [6.45, 7) is 6.89. The number of carbonyl (C=O) groups excluding carboxylic acids is 2. The van der Waals surface area contributed by atoms with E-state index in [0.29, 0.717) is 0 Å². The highest BCUT2D eigenvalue weighted by Crippen LogP contribution is 2.13. The Kier molecular flexibility index (Phi) is 17.4. The SMILES string of the molecule is C=CC(=O)SCCSCCSCCSCCSC(=O)C=C. The van der Waals surface area contributed by atoms with E-state index < -0.39 is 0 Å². The third-order valence-corrected chi connectivity index (χ3v) is 7.73. The first-order chi connectivity index (χ1) is 10.2. The summed E-state index contributed by atoms with van der Waals surface area (Å²) in [5.74, 6) is 8.39. The molecule has 0 unspecified atom stereocenters. The van der Waals surface area contributed by atoms with Crippen molar-refractivity contribution in [1.29, 1.82) is 0 Å². The second-order valence-electron chi connectivity index (χ2n) is 3.58. The normalized spacial score (nSPS) is 10.3. The van der Waals surface area contributed by atoms with Gasteiger partial charge in [-0.05, 0) is 12.2 Å². The molecule has 0 rings (SSSR count). The van der Waals surface area contributed by atoms with E-state index in [4.69, 9.17) is 0 Å². The lowest BCUT2D eigenvalue weighted by atomic mass is 10.7. The summed E-state index contributed by atoms with van der Waals surface area (Å²) in [7, 11) is 0. The molecule has 0 saturated heterocycles. The molecule has 0 aliphatic heterocycles. The molecule has 21 heavy (non-hydrogen) atoms. The van der Waals surface area contributed by atoms with Gasteiger partial charge in [-0.2, -0.15) is 35.3 Å². The molecule has 0 heterocycles. The van der Waals surface area contributed by atoms with Gasteiger partial charge in [0.05, 0.1) is 0 Å². The summed E-state index contributed by atoms with van der Waals surface area (Å²) < 4.78 is 0. The van der Waals surface area contributed by atoms with Crippen LogP contribution in [0.25, 0.3) is 0 Å². The van der Waals surface area contributed by atoms with Crippen LogP contribution in [0.15, 0.2) is 25.3 Å². The standard InChI is InChI=1S/C14H22O2S5/c1-3-13(15)20-11-9-18-7-5-17-6-8-19-10-12-21-14(16)4-2/h3-4H,1-2,5-12H2. The van der Waals surface area contributed by atoms with Crippen LogP contribution >= 0.6 is 58.8 Å². The summed E-state index contributed by atoms with van der Waals surface area (Å²) in [6, 6.07) is 0. The Balaban J connectivity index is 3.09. The third kappa shape index (κ3) is 16.8. The fourth-order valence-electron chi connectivity index (χ4n) is 1.06. The van der Waals surface area contributed by atoms with Gasteiger partial charge in [0, 0.05) is 46.0 Å². The fourth-order valence-corrected chi connectivity index (χ4v) is 5.81. The maximum Gasteiger partial charge on any atom is 0.211 e. The van der Waals surface area contributed by atoms with Crippen molar-refractivity contribution in [2.24, 2.45) is 0 Å². The molecular formula is C14H22O2S5. The predicted octanol–water partition coefficient (Wildman–Crippen LogP) is 4.08. The minimum absolute atomic E-state index is 0.0648. The average molecular weight is 383 g/mol. The van der Waals surface area contributed by atoms with Crippen molar-refractivity contribution >= 4 is 69.0 Å². The Morgan fingerprint density at radius 2 is 0.905 bits per heavy atom. The van der Waals surface area contributed by atoms with Gasteiger partial charge in [0.1, 0.15) is 0 Å². The molecule has 0 aliphatic rings. The van der Waals surface area contributed by atoms with Crippen LogP contribution in [0.1, 0.15) is 0 Å². The van der Waals surface area contributed by atoms with E-state index in [9.17, 15) is 9.59 Å². The van der Waals surface area contributed by atoms with Gasteiger partial charge in [-0.1, -0.05) is 36.7 Å². The van der Waals surface area contributed by atoms with Crippen molar-refractivity contribution < 1.29 is 9.59 Å². The van der Waals surface area contributed by atoms with Crippen LogP contribution in [0, 0.1) is 0 Å². The van der Waals surface area contributed by atoms with Crippen LogP contribution in [0.2, 0.25) is 0 Å². The first-order valence-corrected chi connectivity index (χ1v) is 12.0. The van der Waals surface area contributed by atoms with Crippen LogP contribution in [0.4, 0.5) is 0 Å². The zero-order valence-corrected chi connectivity index (χ0v) is 16.2. The highest BCUT2D eigenvalue weighted by atomic mass is 32.2. The topological polar surface area (TPSA) is 34.1 Å². The third-order valence-electron chi connectivity index (χ3n) is 2.02. The number of carbonyl (C=O) groups is 2. The zero-order chi connectivity index (χ0) is 15.8. The minimum atomic E-state index is 0.0648. The number of thioether (sulfide) groups is 5. The maximum atomic E-state index is 11.0. The molecule has 0 radical (unpaired) electrons. The molecular weight excluding hydrogens is 360 g/mol. The molecule has 0 atom stereocenters. The summed E-state index contributed by atoms with van der Waals surface area (Å²) >= 11 is 8.44. The van der Waals surface area contributed by atoms with E-state index in [-0.39, 0.29) is 10.2 Å². The Bertz CT molecular complexity index is 290. The van der Waals surface area contributed by atoms with Crippen LogP contribution in [0.3, 0.4) is 0 Å². The minimum Gasteiger partial charge on any atom is -0.282 e. The lowest BCUT2D eigenvalue weighted by Crippen LogP contribution is -1.95. The quantitative estimate of drug-likeness (QED) is 0.331. The summed E-state index contributed by atoms with van der Waals surface area (Å²) in [5.41, 5.74) is 0. The number of rotatable bonds is 14. The molecule has 0 aromatic rings. The van der Waals surface area contributed by atoms with Crippen molar-refractivity contribution in [1.82, 2.24) is 0 Å². The zero-order valence-electron chi connectivity index (χ0n) is 12.1. The van der Waals surface area contributed by atoms with Gasteiger partial charge >= 0.3 is 0 Å². The molecule has 120 valence electrons. The maximum absolute atomic E-state index is 11.0. The van der Waals surface area contributed by atoms with Crippen molar-refractivity contribution in [2.45, 2.75) is 0 Å². The molecule has 0 bridgehead atoms. The lowest BCUT2D eigenvalue weighted by Gasteiger charge is -2.02. The fraction of sp³-hybridized carbons (Fsp3) is 0.571. The van der Waals surface area contributed by atoms with E-state index in [2.05, 4.69) is 13.2 Å². The van der Waals surface area contributed by atoms with E-state index in [1.807, 2.05) is 35.3 Å². The molecule has 0 aromatic carbocycles. The molecule has 0 amide bonds. The van der Waals surface area contributed by atoms with Crippen LogP contribution in [-0.4, -0.2) is 56.3 Å². The smallest absolute Gasteiger partial charge is 0.211 e. The second kappa shape index (κ2) is 16.9. The Labute approximate surface area is 149 Å². The van der Waals surface area contributed by atoms with E-state index in [0.717, 1.165) is 46.0 Å². The molecule has 0 aromatic heterocycles. The van der Waals surface area contributed by atoms with Gasteiger partial charge in [-0.15, -0.1) is 0 Å². The lowest BCUT2D eigenvalue weighted by molar-refractivity contribution is -0.107. The second-order valence-corrected chi connectivity index (χ2v) is 9.45. The van der Waals surface area contributed by atoms with Crippen molar-refractivity contribution in [3.63, 3.8) is 0 Å². The van der Waals surface area contributed by atoms with E-state index in [1.54, 1.807) is 0 Å². The van der Waals surface area contributed by atoms with Crippen molar-refractivity contribution in [3.8, 4) is 0 Å². The monoisotopic (exact) mass is 382 g/mol. The first-order valence-electron chi connectivity index (χ1n) is 6.52. The van der Waals surface area contributed by atoms with Crippen LogP contribution < -0.4 is 0 Å². The van der Waals surface area contributed by atoms with Gasteiger partial charge in [0.2, 0.25) is 10.2 Å². The Hall–Kier alpha value is 0.570. The molecule has 0 saturated carbocycles. The highest BCUT2D eigenvalue weighted by molar-refractivity contribution is 8.15. The molecule has 0 fully saturated rings. The molecule has 7 heteroatoms. The van der Waals surface area contributed by atoms with E-state index in [1.165, 1.54) is 35.7 Å². The van der Waals surface area contributed by atoms with Crippen molar-refractivity contribution in [2.75, 3.05) is 46.0 Å². The van der Waals surface area contributed by atoms with E-state index >= 15 is 0 Å². The summed E-state index contributed by atoms with van der Waals surface area (Å²) in [5, 5.41) is 0.130. The van der Waals surface area contributed by atoms with Gasteiger partial charge in [0.15, 0.2) is 0 Å². The molecule has 0 spiro atoms. The largest absolute Gasteiger partial charge is 0.282 e. The molecule has 2 nitrogen and oxygen atoms in total. The summed E-state index contributed by atoms with van der Waals surface area (Å²) in [4.78, 5) is 21.9. The van der Waals surface area contributed by atoms with Crippen LogP contribution in [-0.2, 0) is 9.59 Å². The Morgan fingerprint density at radius 3 is 1.19 bits per heavy atom. The predicted molar refractivity (Wildman–Crippen MR) is 107 cm³/mol. The summed E-state index contributed by atoms with van der Waals surface area (Å²) in [6.07, 6.45) is 2.74. The van der Waals surface area contributed by atoms with Gasteiger partial charge in [-0.3, -0.25) is 9.59 Å². The number of hydrogen-bond acceptors (Lipinski definition) is 7. The first kappa shape index (κ1) is 21.6. The van der Waals surface area contributed by atoms with Gasteiger partial charge in [-0.25, -0.2) is 0 Å². The van der Waals surface area contributed by atoms with Crippen LogP contribution in [0.5, 0.6) is 0 Å². The molecule has 0 N–H and O–H groups in total. The average Bonchev–Trinajstić information content (AvgIpc) is 2.51.